The van der Waals surface area contributed by atoms with Crippen molar-refractivity contribution in [1.82, 2.24) is 14.5 Å². The molecule has 2 heterocycles. The topological polar surface area (TPSA) is 30.7 Å². The molecule has 0 aromatic carbocycles. The Balaban J connectivity index is 1.97. The van der Waals surface area contributed by atoms with E-state index in [1.165, 1.54) is 37.7 Å². The Morgan fingerprint density at radius 3 is 2.85 bits per heavy atom. The smallest absolute Gasteiger partial charge is 0.160 e. The molecule has 1 fully saturated rings. The highest BCUT2D eigenvalue weighted by molar-refractivity contribution is 6.17. The number of nitrogens with zero attached hydrogens (tertiary/aromatic N) is 3. The molecular formula is C16H22ClN3. The lowest BCUT2D eigenvalue weighted by Crippen LogP contribution is -2.16. The van der Waals surface area contributed by atoms with Gasteiger partial charge < -0.3 is 4.57 Å². The zero-order valence-electron chi connectivity index (χ0n) is 12.1. The van der Waals surface area contributed by atoms with Gasteiger partial charge in [-0.05, 0) is 37.3 Å². The average Bonchev–Trinajstić information content (AvgIpc) is 2.81. The van der Waals surface area contributed by atoms with E-state index in [1.807, 2.05) is 12.3 Å². The zero-order valence-corrected chi connectivity index (χ0v) is 12.9. The van der Waals surface area contributed by atoms with Crippen molar-refractivity contribution < 1.29 is 0 Å². The second-order valence-corrected chi connectivity index (χ2v) is 6.26. The zero-order chi connectivity index (χ0) is 13.9. The van der Waals surface area contributed by atoms with Crippen LogP contribution in [0.2, 0.25) is 0 Å². The first-order valence-corrected chi connectivity index (χ1v) is 8.19. The van der Waals surface area contributed by atoms with Crippen LogP contribution in [0.15, 0.2) is 12.3 Å². The Hall–Kier alpha value is -1.09. The van der Waals surface area contributed by atoms with Crippen LogP contribution in [0.3, 0.4) is 0 Å². The highest BCUT2D eigenvalue weighted by Crippen LogP contribution is 2.27. The quantitative estimate of drug-likeness (QED) is 0.794. The first kappa shape index (κ1) is 13.9. The summed E-state index contributed by atoms with van der Waals surface area (Å²) >= 11 is 5.94. The minimum absolute atomic E-state index is 0.618. The Bertz CT molecular complexity index is 585. The van der Waals surface area contributed by atoms with Crippen molar-refractivity contribution in [3.05, 3.63) is 23.7 Å². The molecule has 2 aromatic rings. The molecule has 0 amide bonds. The number of pyridine rings is 1. The molecule has 0 atom stereocenters. The van der Waals surface area contributed by atoms with Gasteiger partial charge in [-0.3, -0.25) is 0 Å². The molecule has 1 aliphatic carbocycles. The summed E-state index contributed by atoms with van der Waals surface area (Å²) < 4.78 is 2.32. The van der Waals surface area contributed by atoms with Crippen LogP contribution in [-0.2, 0) is 13.0 Å². The van der Waals surface area contributed by atoms with E-state index in [0.717, 1.165) is 35.9 Å². The molecule has 3 nitrogen and oxygen atoms in total. The summed E-state index contributed by atoms with van der Waals surface area (Å²) in [5.74, 6) is 2.49. The molecule has 0 bridgehead atoms. The molecule has 20 heavy (non-hydrogen) atoms. The van der Waals surface area contributed by atoms with Crippen molar-refractivity contribution in [1.29, 1.82) is 0 Å². The summed E-state index contributed by atoms with van der Waals surface area (Å²) in [6.45, 7) is 3.16. The van der Waals surface area contributed by atoms with E-state index in [1.54, 1.807) is 0 Å². The van der Waals surface area contributed by atoms with Crippen molar-refractivity contribution in [2.75, 3.05) is 5.88 Å². The maximum absolute atomic E-state index is 5.94. The lowest BCUT2D eigenvalue weighted by Gasteiger charge is -2.22. The van der Waals surface area contributed by atoms with Gasteiger partial charge in [-0.1, -0.05) is 19.3 Å². The van der Waals surface area contributed by atoms with Gasteiger partial charge in [-0.25, -0.2) is 9.97 Å². The number of hydrogen-bond acceptors (Lipinski definition) is 2. The molecule has 0 unspecified atom stereocenters. The van der Waals surface area contributed by atoms with Crippen molar-refractivity contribution in [2.24, 2.45) is 5.92 Å². The third kappa shape index (κ3) is 2.69. The highest BCUT2D eigenvalue weighted by Gasteiger charge is 2.19. The van der Waals surface area contributed by atoms with E-state index >= 15 is 0 Å². The van der Waals surface area contributed by atoms with E-state index in [4.69, 9.17) is 16.6 Å². The summed E-state index contributed by atoms with van der Waals surface area (Å²) in [5, 5.41) is 0. The minimum atomic E-state index is 0.618. The third-order valence-corrected chi connectivity index (χ3v) is 4.59. The number of aromatic nitrogens is 3. The Morgan fingerprint density at radius 1 is 1.30 bits per heavy atom. The van der Waals surface area contributed by atoms with Crippen LogP contribution in [0.5, 0.6) is 0 Å². The van der Waals surface area contributed by atoms with Gasteiger partial charge in [0.1, 0.15) is 11.3 Å². The fourth-order valence-electron chi connectivity index (χ4n) is 3.28. The standard InChI is InChI=1S/C16H22ClN3/c1-12-8-10-18-16-15(12)19-14(7-9-17)20(16)11-13-5-3-2-4-6-13/h8,10,13H,2-7,9,11H2,1H3. The molecule has 2 aromatic heterocycles. The summed E-state index contributed by atoms with van der Waals surface area (Å²) in [4.78, 5) is 9.35. The van der Waals surface area contributed by atoms with E-state index in [9.17, 15) is 0 Å². The molecule has 0 aliphatic heterocycles. The average molecular weight is 292 g/mol. The fraction of sp³-hybridized carbons (Fsp3) is 0.625. The SMILES string of the molecule is Cc1ccnc2c1nc(CCCl)n2CC1CCCCC1. The van der Waals surface area contributed by atoms with Crippen LogP contribution in [0.1, 0.15) is 43.5 Å². The van der Waals surface area contributed by atoms with Crippen LogP contribution >= 0.6 is 11.6 Å². The predicted octanol–water partition coefficient (Wildman–Crippen LogP) is 4.10. The second-order valence-electron chi connectivity index (χ2n) is 5.88. The van der Waals surface area contributed by atoms with Crippen LogP contribution in [-0.4, -0.2) is 20.4 Å². The van der Waals surface area contributed by atoms with Gasteiger partial charge in [0.05, 0.1) is 0 Å². The molecule has 0 saturated heterocycles. The Morgan fingerprint density at radius 2 is 2.10 bits per heavy atom. The lowest BCUT2D eigenvalue weighted by atomic mass is 9.89. The fourth-order valence-corrected chi connectivity index (χ4v) is 3.45. The molecule has 1 saturated carbocycles. The first-order chi connectivity index (χ1) is 9.79. The van der Waals surface area contributed by atoms with Gasteiger partial charge in [-0.15, -0.1) is 11.6 Å². The van der Waals surface area contributed by atoms with E-state index in [-0.39, 0.29) is 0 Å². The number of fused-ring (bicyclic) bond motifs is 1. The maximum atomic E-state index is 5.94. The Kier molecular flexibility index (Phi) is 4.25. The van der Waals surface area contributed by atoms with Crippen LogP contribution < -0.4 is 0 Å². The Labute approximate surface area is 125 Å². The number of rotatable bonds is 4. The van der Waals surface area contributed by atoms with Crippen molar-refractivity contribution in [3.8, 4) is 0 Å². The summed E-state index contributed by atoms with van der Waals surface area (Å²) in [5.41, 5.74) is 3.28. The molecule has 3 rings (SSSR count). The minimum Gasteiger partial charge on any atom is -0.312 e. The normalized spacial score (nSPS) is 16.9. The van der Waals surface area contributed by atoms with Crippen LogP contribution in [0.4, 0.5) is 0 Å². The molecule has 0 spiro atoms. The lowest BCUT2D eigenvalue weighted by molar-refractivity contribution is 0.319. The molecule has 4 heteroatoms. The van der Waals surface area contributed by atoms with Gasteiger partial charge in [0.2, 0.25) is 0 Å². The van der Waals surface area contributed by atoms with Crippen molar-refractivity contribution in [3.63, 3.8) is 0 Å². The van der Waals surface area contributed by atoms with Crippen LogP contribution in [0.25, 0.3) is 11.2 Å². The monoisotopic (exact) mass is 291 g/mol. The van der Waals surface area contributed by atoms with Gasteiger partial charge in [0.25, 0.3) is 0 Å². The molecule has 1 aliphatic rings. The van der Waals surface area contributed by atoms with E-state index < -0.39 is 0 Å². The molecule has 108 valence electrons. The highest BCUT2D eigenvalue weighted by atomic mass is 35.5. The van der Waals surface area contributed by atoms with Gasteiger partial charge in [0.15, 0.2) is 5.65 Å². The summed E-state index contributed by atoms with van der Waals surface area (Å²) in [7, 11) is 0. The number of aryl methyl sites for hydroxylation is 2. The molecule has 0 radical (unpaired) electrons. The predicted molar refractivity (Wildman–Crippen MR) is 83.3 cm³/mol. The second kappa shape index (κ2) is 6.13. The summed E-state index contributed by atoms with van der Waals surface area (Å²) in [6.07, 6.45) is 9.53. The molecular weight excluding hydrogens is 270 g/mol. The van der Waals surface area contributed by atoms with Gasteiger partial charge in [0, 0.05) is 25.0 Å². The third-order valence-electron chi connectivity index (χ3n) is 4.40. The summed E-state index contributed by atoms with van der Waals surface area (Å²) in [6, 6.07) is 2.03. The van der Waals surface area contributed by atoms with Crippen molar-refractivity contribution in [2.45, 2.75) is 52.0 Å². The van der Waals surface area contributed by atoms with Crippen LogP contribution in [0, 0.1) is 12.8 Å². The van der Waals surface area contributed by atoms with Gasteiger partial charge >= 0.3 is 0 Å². The van der Waals surface area contributed by atoms with Gasteiger partial charge in [-0.2, -0.15) is 0 Å². The largest absolute Gasteiger partial charge is 0.312 e. The number of alkyl halides is 1. The maximum Gasteiger partial charge on any atom is 0.160 e. The van der Waals surface area contributed by atoms with Crippen molar-refractivity contribution >= 4 is 22.8 Å². The molecule has 0 N–H and O–H groups in total. The van der Waals surface area contributed by atoms with E-state index in [2.05, 4.69) is 16.5 Å². The van der Waals surface area contributed by atoms with E-state index in [0.29, 0.717) is 5.88 Å². The number of halogens is 1. The first-order valence-electron chi connectivity index (χ1n) is 7.66. The number of imidazole rings is 1. The number of hydrogen-bond donors (Lipinski definition) is 0.